The number of benzene rings is 2. The predicted molar refractivity (Wildman–Crippen MR) is 142 cm³/mol. The highest BCUT2D eigenvalue weighted by molar-refractivity contribution is 6.00. The molecule has 2 amide bonds. The van der Waals surface area contributed by atoms with E-state index in [-0.39, 0.29) is 5.56 Å². The molecule has 3 aromatic rings. The van der Waals surface area contributed by atoms with Crippen LogP contribution in [0, 0.1) is 0 Å². The third-order valence-electron chi connectivity index (χ3n) is 6.20. The van der Waals surface area contributed by atoms with Gasteiger partial charge in [0.15, 0.2) is 5.82 Å². The summed E-state index contributed by atoms with van der Waals surface area (Å²) in [6.45, 7) is 5.54. The average molecular weight is 520 g/mol. The minimum Gasteiger partial charge on any atom is -0.478 e. The molecule has 12 nitrogen and oxygen atoms in total. The number of urea groups is 1. The number of nitrogens with one attached hydrogen (secondary N) is 2. The fraction of sp³-hybridized carbons (Fsp3) is 0.346. The second kappa shape index (κ2) is 11.8. The van der Waals surface area contributed by atoms with E-state index in [0.717, 1.165) is 25.1 Å². The van der Waals surface area contributed by atoms with Crippen molar-refractivity contribution in [1.29, 1.82) is 0 Å². The minimum absolute atomic E-state index is 0.147. The van der Waals surface area contributed by atoms with Gasteiger partial charge in [0, 0.05) is 49.7 Å². The lowest BCUT2D eigenvalue weighted by atomic mass is 10.2. The zero-order valence-electron chi connectivity index (χ0n) is 20.8. The molecular formula is C26H29N7O5. The van der Waals surface area contributed by atoms with E-state index in [1.54, 1.807) is 12.1 Å². The number of aromatic nitrogens is 3. The number of anilines is 4. The molecule has 0 atom stereocenters. The zero-order valence-corrected chi connectivity index (χ0v) is 20.8. The number of nitrogens with zero attached hydrogens (tertiary/aromatic N) is 5. The maximum absolute atomic E-state index is 12.4. The molecule has 0 saturated carbocycles. The Balaban J connectivity index is 1.32. The van der Waals surface area contributed by atoms with Crippen LogP contribution in [-0.4, -0.2) is 84.7 Å². The molecule has 12 heteroatoms. The molecule has 198 valence electrons. The molecule has 3 N–H and O–H groups in total. The molecule has 0 bridgehead atoms. The summed E-state index contributed by atoms with van der Waals surface area (Å²) in [5.41, 5.74) is 2.01. The number of carbonyl (C=O) groups is 2. The summed E-state index contributed by atoms with van der Waals surface area (Å²) in [7, 11) is 0. The lowest BCUT2D eigenvalue weighted by molar-refractivity contribution is 0.0697. The van der Waals surface area contributed by atoms with Crippen molar-refractivity contribution in [3.05, 3.63) is 54.1 Å². The first-order chi connectivity index (χ1) is 18.5. The van der Waals surface area contributed by atoms with Gasteiger partial charge in [0.2, 0.25) is 11.9 Å². The molecule has 5 rings (SSSR count). The van der Waals surface area contributed by atoms with Crippen molar-refractivity contribution in [3.63, 3.8) is 0 Å². The summed E-state index contributed by atoms with van der Waals surface area (Å²) in [5.74, 6) is 0.770. The zero-order chi connectivity index (χ0) is 26.3. The van der Waals surface area contributed by atoms with Gasteiger partial charge < -0.3 is 35.0 Å². The van der Waals surface area contributed by atoms with E-state index in [1.807, 2.05) is 12.1 Å². The minimum atomic E-state index is -1.02. The molecule has 0 spiro atoms. The van der Waals surface area contributed by atoms with Crippen LogP contribution in [0.5, 0.6) is 0 Å². The van der Waals surface area contributed by atoms with Crippen molar-refractivity contribution in [2.24, 2.45) is 0 Å². The smallest absolute Gasteiger partial charge is 0.335 e. The van der Waals surface area contributed by atoms with Gasteiger partial charge in [-0.3, -0.25) is 0 Å². The summed E-state index contributed by atoms with van der Waals surface area (Å²) in [6.07, 6.45) is 0.903. The number of amides is 2. The Morgan fingerprint density at radius 1 is 0.711 bits per heavy atom. The first-order valence-corrected chi connectivity index (χ1v) is 12.5. The van der Waals surface area contributed by atoms with Crippen LogP contribution in [0.1, 0.15) is 16.8 Å². The van der Waals surface area contributed by atoms with Crippen molar-refractivity contribution in [2.45, 2.75) is 6.42 Å². The maximum Gasteiger partial charge on any atom is 0.335 e. The second-order valence-electron chi connectivity index (χ2n) is 8.85. The van der Waals surface area contributed by atoms with E-state index in [0.29, 0.717) is 68.6 Å². The number of carboxylic acid groups (broad SMARTS) is 1. The van der Waals surface area contributed by atoms with Gasteiger partial charge in [0.05, 0.1) is 25.4 Å². The van der Waals surface area contributed by atoms with Crippen LogP contribution in [0.15, 0.2) is 48.5 Å². The predicted octanol–water partition coefficient (Wildman–Crippen LogP) is 2.94. The number of hydrogen-bond donors (Lipinski definition) is 3. The van der Waals surface area contributed by atoms with Crippen LogP contribution in [0.2, 0.25) is 0 Å². The lowest BCUT2D eigenvalue weighted by Crippen LogP contribution is -2.38. The van der Waals surface area contributed by atoms with E-state index < -0.39 is 12.0 Å². The van der Waals surface area contributed by atoms with Gasteiger partial charge in [-0.1, -0.05) is 0 Å². The Morgan fingerprint density at radius 3 is 1.82 bits per heavy atom. The normalized spacial score (nSPS) is 16.0. The number of carboxylic acids is 1. The number of hydrogen-bond acceptors (Lipinski definition) is 9. The Kier molecular flexibility index (Phi) is 7.90. The molecule has 2 saturated heterocycles. The quantitative estimate of drug-likeness (QED) is 0.445. The number of carbonyl (C=O) groups excluding carboxylic acids is 1. The van der Waals surface area contributed by atoms with E-state index >= 15 is 0 Å². The van der Waals surface area contributed by atoms with Crippen LogP contribution in [0.3, 0.4) is 0 Å². The van der Waals surface area contributed by atoms with Crippen LogP contribution < -0.4 is 20.4 Å². The van der Waals surface area contributed by atoms with Crippen LogP contribution in [0.25, 0.3) is 11.4 Å². The molecular weight excluding hydrogens is 490 g/mol. The van der Waals surface area contributed by atoms with E-state index in [2.05, 4.69) is 20.4 Å². The van der Waals surface area contributed by atoms with Gasteiger partial charge in [0.1, 0.15) is 0 Å². The fourth-order valence-electron chi connectivity index (χ4n) is 4.17. The topological polar surface area (TPSA) is 142 Å². The Hall–Kier alpha value is -4.29. The summed E-state index contributed by atoms with van der Waals surface area (Å²) in [4.78, 5) is 42.0. The first kappa shape index (κ1) is 25.4. The molecule has 2 aliphatic rings. The van der Waals surface area contributed by atoms with E-state index in [9.17, 15) is 9.59 Å². The average Bonchev–Trinajstić information content (AvgIpc) is 3.24. The van der Waals surface area contributed by atoms with Crippen molar-refractivity contribution in [2.75, 3.05) is 73.0 Å². The van der Waals surface area contributed by atoms with Gasteiger partial charge in [-0.25, -0.2) is 9.59 Å². The molecule has 2 aliphatic heterocycles. The number of ether oxygens (including phenoxy) is 2. The summed E-state index contributed by atoms with van der Waals surface area (Å²) < 4.78 is 11.1. The number of morpholine rings is 1. The Labute approximate surface area is 219 Å². The second-order valence-corrected chi connectivity index (χ2v) is 8.85. The third-order valence-corrected chi connectivity index (χ3v) is 6.20. The molecule has 2 fully saturated rings. The van der Waals surface area contributed by atoms with Gasteiger partial charge in [-0.15, -0.1) is 0 Å². The summed E-state index contributed by atoms with van der Waals surface area (Å²) in [5, 5.41) is 14.5. The molecule has 0 radical (unpaired) electrons. The van der Waals surface area contributed by atoms with Crippen molar-refractivity contribution in [1.82, 2.24) is 15.0 Å². The Bertz CT molecular complexity index is 1260. The highest BCUT2D eigenvalue weighted by Crippen LogP contribution is 2.24. The SMILES string of the molecule is O=C(Nc1ccc(C(=O)O)cc1)Nc1ccc(-c2nc(N3CCCOCC3)nc(N3CCOCC3)n2)cc1. The van der Waals surface area contributed by atoms with Crippen molar-refractivity contribution >= 4 is 35.3 Å². The molecule has 3 heterocycles. The van der Waals surface area contributed by atoms with Crippen LogP contribution in [-0.2, 0) is 9.47 Å². The van der Waals surface area contributed by atoms with Gasteiger partial charge in [-0.05, 0) is 55.0 Å². The monoisotopic (exact) mass is 519 g/mol. The van der Waals surface area contributed by atoms with Gasteiger partial charge >= 0.3 is 12.0 Å². The lowest BCUT2D eigenvalue weighted by Gasteiger charge is -2.28. The van der Waals surface area contributed by atoms with E-state index in [4.69, 9.17) is 29.5 Å². The molecule has 38 heavy (non-hydrogen) atoms. The van der Waals surface area contributed by atoms with Crippen molar-refractivity contribution < 1.29 is 24.2 Å². The maximum atomic E-state index is 12.4. The number of rotatable bonds is 6. The van der Waals surface area contributed by atoms with Gasteiger partial charge in [-0.2, -0.15) is 15.0 Å². The number of aromatic carboxylic acids is 1. The van der Waals surface area contributed by atoms with Gasteiger partial charge in [0.25, 0.3) is 0 Å². The first-order valence-electron chi connectivity index (χ1n) is 12.5. The molecule has 0 unspecified atom stereocenters. The fourth-order valence-corrected chi connectivity index (χ4v) is 4.17. The third kappa shape index (κ3) is 6.33. The standard InChI is InChI=1S/C26H29N7O5/c34-23(35)19-4-8-21(9-5-19)28-26(36)27-20-6-2-18(3-7-20)22-29-24(32-10-1-14-37-15-11-32)31-25(30-22)33-12-16-38-17-13-33/h2-9H,1,10-17H2,(H,34,35)(H2,27,28,36). The van der Waals surface area contributed by atoms with Crippen LogP contribution >= 0.6 is 0 Å². The molecule has 0 aliphatic carbocycles. The highest BCUT2D eigenvalue weighted by atomic mass is 16.5. The molecule has 1 aromatic heterocycles. The largest absolute Gasteiger partial charge is 0.478 e. The summed E-state index contributed by atoms with van der Waals surface area (Å²) >= 11 is 0. The summed E-state index contributed by atoms with van der Waals surface area (Å²) in [6, 6.07) is 12.7. The van der Waals surface area contributed by atoms with Crippen molar-refractivity contribution in [3.8, 4) is 11.4 Å². The van der Waals surface area contributed by atoms with E-state index in [1.165, 1.54) is 24.3 Å². The highest BCUT2D eigenvalue weighted by Gasteiger charge is 2.21. The Morgan fingerprint density at radius 2 is 1.24 bits per heavy atom. The molecule has 2 aromatic carbocycles. The van der Waals surface area contributed by atoms with Crippen LogP contribution in [0.4, 0.5) is 28.1 Å².